The summed E-state index contributed by atoms with van der Waals surface area (Å²) < 4.78 is 0. The molecule has 0 aliphatic heterocycles. The molecule has 0 fully saturated rings. The van der Waals surface area contributed by atoms with Gasteiger partial charge in [-0.25, -0.2) is 0 Å². The summed E-state index contributed by atoms with van der Waals surface area (Å²) in [6.45, 7) is 0.531. The fourth-order valence-electron chi connectivity index (χ4n) is 2.38. The molecule has 0 aliphatic carbocycles. The van der Waals surface area contributed by atoms with Gasteiger partial charge >= 0.3 is 0 Å². The molecule has 0 atom stereocenters. The maximum absolute atomic E-state index is 12.3. The molecule has 3 aromatic carbocycles. The molecular formula is C21H18ClNOS. The lowest BCUT2D eigenvalue weighted by molar-refractivity contribution is 0.0951. The van der Waals surface area contributed by atoms with Gasteiger partial charge in [0.25, 0.3) is 5.91 Å². The SMILES string of the molecule is O=C(NCc1ccccc1)c1cccc(CSc2ccc(Cl)cc2)c1. The Morgan fingerprint density at radius 2 is 1.60 bits per heavy atom. The number of halogens is 1. The predicted molar refractivity (Wildman–Crippen MR) is 105 cm³/mol. The molecule has 0 unspecified atom stereocenters. The number of rotatable bonds is 6. The molecule has 0 aromatic heterocycles. The third-order valence-electron chi connectivity index (χ3n) is 3.70. The number of carbonyl (C=O) groups is 1. The first-order valence-electron chi connectivity index (χ1n) is 8.00. The van der Waals surface area contributed by atoms with Crippen LogP contribution in [-0.4, -0.2) is 5.91 Å². The number of amides is 1. The number of hydrogen-bond donors (Lipinski definition) is 1. The van der Waals surface area contributed by atoms with Crippen LogP contribution in [0.3, 0.4) is 0 Å². The van der Waals surface area contributed by atoms with Gasteiger partial charge in [0.05, 0.1) is 0 Å². The van der Waals surface area contributed by atoms with Crippen LogP contribution in [0.5, 0.6) is 0 Å². The minimum absolute atomic E-state index is 0.0535. The van der Waals surface area contributed by atoms with E-state index in [2.05, 4.69) is 5.32 Å². The predicted octanol–water partition coefficient (Wildman–Crippen LogP) is 5.56. The van der Waals surface area contributed by atoms with Crippen LogP contribution in [0, 0.1) is 0 Å². The molecule has 3 rings (SSSR count). The lowest BCUT2D eigenvalue weighted by Crippen LogP contribution is -2.22. The molecule has 0 bridgehead atoms. The zero-order valence-corrected chi connectivity index (χ0v) is 15.2. The Morgan fingerprint density at radius 3 is 2.36 bits per heavy atom. The van der Waals surface area contributed by atoms with Gasteiger partial charge in [-0.3, -0.25) is 4.79 Å². The van der Waals surface area contributed by atoms with E-state index in [-0.39, 0.29) is 5.91 Å². The van der Waals surface area contributed by atoms with E-state index in [0.29, 0.717) is 12.1 Å². The maximum Gasteiger partial charge on any atom is 0.251 e. The second-order valence-electron chi connectivity index (χ2n) is 5.61. The number of benzene rings is 3. The average molecular weight is 368 g/mol. The lowest BCUT2D eigenvalue weighted by atomic mass is 10.1. The summed E-state index contributed by atoms with van der Waals surface area (Å²) in [5, 5.41) is 3.70. The molecule has 0 aliphatic rings. The average Bonchev–Trinajstić information content (AvgIpc) is 2.67. The van der Waals surface area contributed by atoms with E-state index in [0.717, 1.165) is 26.8 Å². The summed E-state index contributed by atoms with van der Waals surface area (Å²) in [6.07, 6.45) is 0. The van der Waals surface area contributed by atoms with Crippen molar-refractivity contribution in [2.75, 3.05) is 0 Å². The number of hydrogen-bond acceptors (Lipinski definition) is 2. The van der Waals surface area contributed by atoms with Crippen molar-refractivity contribution in [3.63, 3.8) is 0 Å². The summed E-state index contributed by atoms with van der Waals surface area (Å²) in [4.78, 5) is 13.5. The Balaban J connectivity index is 1.58. The van der Waals surface area contributed by atoms with Crippen molar-refractivity contribution in [3.8, 4) is 0 Å². The topological polar surface area (TPSA) is 29.1 Å². The summed E-state index contributed by atoms with van der Waals surface area (Å²) in [6, 6.07) is 25.4. The van der Waals surface area contributed by atoms with Gasteiger partial charge in [0.15, 0.2) is 0 Å². The van der Waals surface area contributed by atoms with Crippen LogP contribution in [0.1, 0.15) is 21.5 Å². The quantitative estimate of drug-likeness (QED) is 0.577. The summed E-state index contributed by atoms with van der Waals surface area (Å²) in [5.74, 6) is 0.753. The van der Waals surface area contributed by atoms with Gasteiger partial charge in [-0.2, -0.15) is 0 Å². The molecule has 2 nitrogen and oxygen atoms in total. The zero-order valence-electron chi connectivity index (χ0n) is 13.6. The summed E-state index contributed by atoms with van der Waals surface area (Å²) in [7, 11) is 0. The Bertz CT molecular complexity index is 834. The Morgan fingerprint density at radius 1 is 0.880 bits per heavy atom. The molecule has 0 saturated carbocycles. The molecule has 3 aromatic rings. The van der Waals surface area contributed by atoms with Gasteiger partial charge in [-0.1, -0.05) is 54.1 Å². The highest BCUT2D eigenvalue weighted by Crippen LogP contribution is 2.24. The fraction of sp³-hybridized carbons (Fsp3) is 0.0952. The van der Waals surface area contributed by atoms with Crippen molar-refractivity contribution >= 4 is 29.3 Å². The van der Waals surface area contributed by atoms with E-state index in [1.165, 1.54) is 0 Å². The normalized spacial score (nSPS) is 10.4. The molecule has 25 heavy (non-hydrogen) atoms. The van der Waals surface area contributed by atoms with Gasteiger partial charge in [0.1, 0.15) is 0 Å². The molecule has 0 spiro atoms. The minimum atomic E-state index is -0.0535. The highest BCUT2D eigenvalue weighted by molar-refractivity contribution is 7.98. The van der Waals surface area contributed by atoms with E-state index in [4.69, 9.17) is 11.6 Å². The Hall–Kier alpha value is -2.23. The lowest BCUT2D eigenvalue weighted by Gasteiger charge is -2.07. The molecule has 1 N–H and O–H groups in total. The summed E-state index contributed by atoms with van der Waals surface area (Å²) in [5.41, 5.74) is 2.89. The van der Waals surface area contributed by atoms with Gasteiger partial charge in [-0.05, 0) is 47.5 Å². The van der Waals surface area contributed by atoms with Crippen LogP contribution in [0.15, 0.2) is 83.8 Å². The molecule has 0 heterocycles. The molecule has 0 radical (unpaired) electrons. The number of nitrogens with one attached hydrogen (secondary N) is 1. The first-order valence-corrected chi connectivity index (χ1v) is 9.36. The fourth-order valence-corrected chi connectivity index (χ4v) is 3.35. The van der Waals surface area contributed by atoms with E-state index in [1.54, 1.807) is 11.8 Å². The van der Waals surface area contributed by atoms with E-state index >= 15 is 0 Å². The standard InChI is InChI=1S/C21H18ClNOS/c22-19-9-11-20(12-10-19)25-15-17-7-4-8-18(13-17)21(24)23-14-16-5-2-1-3-6-16/h1-13H,14-15H2,(H,23,24). The molecule has 126 valence electrons. The zero-order chi connectivity index (χ0) is 17.5. The second-order valence-corrected chi connectivity index (χ2v) is 7.10. The van der Waals surface area contributed by atoms with Crippen LogP contribution >= 0.6 is 23.4 Å². The summed E-state index contributed by atoms with van der Waals surface area (Å²) >= 11 is 7.63. The van der Waals surface area contributed by atoms with E-state index < -0.39 is 0 Å². The third kappa shape index (κ3) is 5.38. The monoisotopic (exact) mass is 367 g/mol. The van der Waals surface area contributed by atoms with Gasteiger partial charge in [-0.15, -0.1) is 11.8 Å². The third-order valence-corrected chi connectivity index (χ3v) is 5.04. The maximum atomic E-state index is 12.3. The van der Waals surface area contributed by atoms with Crippen molar-refractivity contribution in [1.29, 1.82) is 0 Å². The first-order chi connectivity index (χ1) is 12.2. The molecule has 0 saturated heterocycles. The minimum Gasteiger partial charge on any atom is -0.348 e. The van der Waals surface area contributed by atoms with Crippen LogP contribution in [0.25, 0.3) is 0 Å². The number of thioether (sulfide) groups is 1. The van der Waals surface area contributed by atoms with Gasteiger partial charge in [0, 0.05) is 27.8 Å². The van der Waals surface area contributed by atoms with Crippen molar-refractivity contribution in [3.05, 3.63) is 101 Å². The van der Waals surface area contributed by atoms with E-state index in [1.807, 2.05) is 78.9 Å². The number of carbonyl (C=O) groups excluding carboxylic acids is 1. The Labute approximate surface area is 157 Å². The van der Waals surface area contributed by atoms with Gasteiger partial charge in [0.2, 0.25) is 0 Å². The van der Waals surface area contributed by atoms with Gasteiger partial charge < -0.3 is 5.32 Å². The molecule has 1 amide bonds. The van der Waals surface area contributed by atoms with Crippen LogP contribution in [-0.2, 0) is 12.3 Å². The first kappa shape index (κ1) is 17.6. The highest BCUT2D eigenvalue weighted by atomic mass is 35.5. The largest absolute Gasteiger partial charge is 0.348 e. The highest BCUT2D eigenvalue weighted by Gasteiger charge is 2.06. The van der Waals surface area contributed by atoms with Crippen molar-refractivity contribution in [2.24, 2.45) is 0 Å². The van der Waals surface area contributed by atoms with E-state index in [9.17, 15) is 4.79 Å². The second kappa shape index (κ2) is 8.75. The van der Waals surface area contributed by atoms with Crippen molar-refractivity contribution in [2.45, 2.75) is 17.2 Å². The molecule has 4 heteroatoms. The Kier molecular flexibility index (Phi) is 6.15. The smallest absolute Gasteiger partial charge is 0.251 e. The van der Waals surface area contributed by atoms with Crippen molar-refractivity contribution < 1.29 is 4.79 Å². The van der Waals surface area contributed by atoms with Crippen LogP contribution < -0.4 is 5.32 Å². The van der Waals surface area contributed by atoms with Crippen molar-refractivity contribution in [1.82, 2.24) is 5.32 Å². The van der Waals surface area contributed by atoms with Crippen LogP contribution in [0.2, 0.25) is 5.02 Å². The molecular weight excluding hydrogens is 350 g/mol. The van der Waals surface area contributed by atoms with Crippen LogP contribution in [0.4, 0.5) is 0 Å².